The van der Waals surface area contributed by atoms with Crippen LogP contribution < -0.4 is 10.6 Å². The molecule has 0 saturated carbocycles. The van der Waals surface area contributed by atoms with Crippen LogP contribution in [0.3, 0.4) is 0 Å². The lowest BCUT2D eigenvalue weighted by Gasteiger charge is -2.16. The van der Waals surface area contributed by atoms with E-state index >= 15 is 0 Å². The predicted molar refractivity (Wildman–Crippen MR) is 83.3 cm³/mol. The summed E-state index contributed by atoms with van der Waals surface area (Å²) in [7, 11) is 0. The molecule has 0 aliphatic carbocycles. The first-order valence-electron chi connectivity index (χ1n) is 8.17. The fraction of sp³-hybridized carbons (Fsp3) is 0.625. The highest BCUT2D eigenvalue weighted by Crippen LogP contribution is 2.19. The summed E-state index contributed by atoms with van der Waals surface area (Å²) in [6.45, 7) is 3.28. The minimum Gasteiger partial charge on any atom is -0.314 e. The second kappa shape index (κ2) is 5.73. The van der Waals surface area contributed by atoms with Gasteiger partial charge in [-0.1, -0.05) is 0 Å². The van der Waals surface area contributed by atoms with Gasteiger partial charge in [0.25, 0.3) is 0 Å². The van der Waals surface area contributed by atoms with E-state index in [0.29, 0.717) is 12.1 Å². The molecular formula is C16H23N5. The molecule has 21 heavy (non-hydrogen) atoms. The molecule has 2 N–H and O–H groups in total. The van der Waals surface area contributed by atoms with E-state index in [9.17, 15) is 0 Å². The van der Waals surface area contributed by atoms with Gasteiger partial charge in [-0.25, -0.2) is 9.97 Å². The number of fused-ring (bicyclic) bond motifs is 1. The van der Waals surface area contributed by atoms with Gasteiger partial charge in [-0.3, -0.25) is 0 Å². The van der Waals surface area contributed by atoms with E-state index in [1.165, 1.54) is 31.5 Å². The van der Waals surface area contributed by atoms with Crippen molar-refractivity contribution < 1.29 is 0 Å². The van der Waals surface area contributed by atoms with Gasteiger partial charge in [-0.15, -0.1) is 0 Å². The topological polar surface area (TPSA) is 54.8 Å². The average Bonchev–Trinajstić information content (AvgIpc) is 3.23. The highest BCUT2D eigenvalue weighted by Gasteiger charge is 2.22. The molecule has 2 aromatic heterocycles. The Morgan fingerprint density at radius 3 is 2.71 bits per heavy atom. The molecule has 5 nitrogen and oxygen atoms in total. The normalized spacial score (nSPS) is 25.9. The smallest absolute Gasteiger partial charge is 0.160 e. The summed E-state index contributed by atoms with van der Waals surface area (Å²) in [5, 5.41) is 7.17. The van der Waals surface area contributed by atoms with Gasteiger partial charge in [-0.2, -0.15) is 0 Å². The maximum Gasteiger partial charge on any atom is 0.160 e. The fourth-order valence-corrected chi connectivity index (χ4v) is 3.64. The molecular weight excluding hydrogens is 262 g/mol. The number of rotatable bonds is 4. The van der Waals surface area contributed by atoms with Gasteiger partial charge in [0, 0.05) is 31.2 Å². The summed E-state index contributed by atoms with van der Waals surface area (Å²) in [6.07, 6.45) is 7.98. The number of hydrogen-bond donors (Lipinski definition) is 2. The van der Waals surface area contributed by atoms with Gasteiger partial charge in [-0.05, 0) is 50.9 Å². The third-order valence-corrected chi connectivity index (χ3v) is 4.74. The summed E-state index contributed by atoms with van der Waals surface area (Å²) < 4.78 is 2.35. The highest BCUT2D eigenvalue weighted by molar-refractivity contribution is 5.71. The zero-order valence-electron chi connectivity index (χ0n) is 12.4. The molecule has 2 fully saturated rings. The number of nitrogens with zero attached hydrogens (tertiary/aromatic N) is 3. The summed E-state index contributed by atoms with van der Waals surface area (Å²) in [4.78, 5) is 9.42. The van der Waals surface area contributed by atoms with Crippen molar-refractivity contribution in [3.63, 3.8) is 0 Å². The Hall–Kier alpha value is -1.46. The Labute approximate surface area is 125 Å². The number of pyridine rings is 1. The Morgan fingerprint density at radius 2 is 1.95 bits per heavy atom. The summed E-state index contributed by atoms with van der Waals surface area (Å²) >= 11 is 0. The molecule has 112 valence electrons. The quantitative estimate of drug-likeness (QED) is 0.893. The minimum atomic E-state index is 0.569. The van der Waals surface area contributed by atoms with Crippen LogP contribution in [0.5, 0.6) is 0 Å². The monoisotopic (exact) mass is 285 g/mol. The van der Waals surface area contributed by atoms with Crippen LogP contribution in [0.1, 0.15) is 31.5 Å². The van der Waals surface area contributed by atoms with Crippen LogP contribution in [0.2, 0.25) is 0 Å². The molecule has 0 radical (unpaired) electrons. The van der Waals surface area contributed by atoms with Crippen molar-refractivity contribution >= 4 is 11.2 Å². The Morgan fingerprint density at radius 1 is 1.14 bits per heavy atom. The van der Waals surface area contributed by atoms with Crippen molar-refractivity contribution in [2.75, 3.05) is 13.1 Å². The summed E-state index contributed by atoms with van der Waals surface area (Å²) in [5.41, 5.74) is 2.07. The SMILES string of the molecule is c1cnc2c(c1)nc(CC1CCCN1)n2CC1CCCN1. The second-order valence-corrected chi connectivity index (χ2v) is 6.28. The van der Waals surface area contributed by atoms with Crippen LogP contribution in [0.15, 0.2) is 18.3 Å². The molecule has 0 bridgehead atoms. The standard InChI is InChI=1S/C16H23N5/c1-4-12(17-7-1)10-15-20-14-6-3-9-19-16(14)21(15)11-13-5-2-8-18-13/h3,6,9,12-13,17-18H,1-2,4-5,7-8,10-11H2. The maximum atomic E-state index is 4.85. The third-order valence-electron chi connectivity index (χ3n) is 4.74. The second-order valence-electron chi connectivity index (χ2n) is 6.28. The molecule has 0 amide bonds. The molecule has 2 aromatic rings. The van der Waals surface area contributed by atoms with E-state index in [2.05, 4.69) is 26.3 Å². The molecule has 2 unspecified atom stereocenters. The molecule has 0 aromatic carbocycles. The van der Waals surface area contributed by atoms with Gasteiger partial charge in [0.05, 0.1) is 0 Å². The highest BCUT2D eigenvalue weighted by atomic mass is 15.2. The van der Waals surface area contributed by atoms with E-state index in [1.807, 2.05) is 12.3 Å². The summed E-state index contributed by atoms with van der Waals surface area (Å²) in [6, 6.07) is 5.20. The molecule has 2 atom stereocenters. The van der Waals surface area contributed by atoms with E-state index in [0.717, 1.165) is 37.2 Å². The van der Waals surface area contributed by atoms with Gasteiger partial charge in [0.15, 0.2) is 5.65 Å². The van der Waals surface area contributed by atoms with Crippen molar-refractivity contribution in [1.82, 2.24) is 25.2 Å². The first-order chi connectivity index (χ1) is 10.4. The van der Waals surface area contributed by atoms with Crippen molar-refractivity contribution in [2.45, 2.75) is 50.7 Å². The van der Waals surface area contributed by atoms with E-state index in [4.69, 9.17) is 4.98 Å². The van der Waals surface area contributed by atoms with Crippen LogP contribution in [0.4, 0.5) is 0 Å². The van der Waals surface area contributed by atoms with Crippen molar-refractivity contribution in [2.24, 2.45) is 0 Å². The Kier molecular flexibility index (Phi) is 3.61. The van der Waals surface area contributed by atoms with Crippen LogP contribution in [-0.4, -0.2) is 39.7 Å². The number of imidazole rings is 1. The lowest BCUT2D eigenvalue weighted by Crippen LogP contribution is -2.30. The van der Waals surface area contributed by atoms with Crippen LogP contribution in [-0.2, 0) is 13.0 Å². The fourth-order valence-electron chi connectivity index (χ4n) is 3.64. The molecule has 2 aliphatic rings. The van der Waals surface area contributed by atoms with E-state index in [-0.39, 0.29) is 0 Å². The van der Waals surface area contributed by atoms with Crippen LogP contribution in [0, 0.1) is 0 Å². The van der Waals surface area contributed by atoms with E-state index in [1.54, 1.807) is 0 Å². The van der Waals surface area contributed by atoms with Crippen LogP contribution in [0.25, 0.3) is 11.2 Å². The molecule has 0 spiro atoms. The van der Waals surface area contributed by atoms with Crippen molar-refractivity contribution in [3.05, 3.63) is 24.2 Å². The molecule has 2 aliphatic heterocycles. The predicted octanol–water partition coefficient (Wildman–Crippen LogP) is 1.48. The lowest BCUT2D eigenvalue weighted by molar-refractivity contribution is 0.488. The van der Waals surface area contributed by atoms with E-state index < -0.39 is 0 Å². The summed E-state index contributed by atoms with van der Waals surface area (Å²) in [5.74, 6) is 1.19. The Bertz CT molecular complexity index is 608. The van der Waals surface area contributed by atoms with Gasteiger partial charge < -0.3 is 15.2 Å². The Balaban J connectivity index is 1.65. The first-order valence-corrected chi connectivity index (χ1v) is 8.17. The van der Waals surface area contributed by atoms with Crippen molar-refractivity contribution in [3.8, 4) is 0 Å². The van der Waals surface area contributed by atoms with Crippen molar-refractivity contribution in [1.29, 1.82) is 0 Å². The molecule has 5 heteroatoms. The zero-order valence-corrected chi connectivity index (χ0v) is 12.4. The van der Waals surface area contributed by atoms with Gasteiger partial charge >= 0.3 is 0 Å². The molecule has 4 heterocycles. The first kappa shape index (κ1) is 13.2. The maximum absolute atomic E-state index is 4.85. The third kappa shape index (κ3) is 2.68. The van der Waals surface area contributed by atoms with Gasteiger partial charge in [0.2, 0.25) is 0 Å². The molecule has 2 saturated heterocycles. The number of aromatic nitrogens is 3. The number of nitrogens with one attached hydrogen (secondary N) is 2. The number of hydrogen-bond acceptors (Lipinski definition) is 4. The minimum absolute atomic E-state index is 0.569. The van der Waals surface area contributed by atoms with Crippen LogP contribution >= 0.6 is 0 Å². The molecule has 4 rings (SSSR count). The zero-order chi connectivity index (χ0) is 14.1. The van der Waals surface area contributed by atoms with Gasteiger partial charge in [0.1, 0.15) is 11.3 Å². The average molecular weight is 285 g/mol. The largest absolute Gasteiger partial charge is 0.314 e. The lowest BCUT2D eigenvalue weighted by atomic mass is 10.1.